The average Bonchev–Trinajstić information content (AvgIpc) is 2.21. The lowest BCUT2D eigenvalue weighted by Gasteiger charge is -2.16. The van der Waals surface area contributed by atoms with Crippen LogP contribution in [0, 0.1) is 5.92 Å². The minimum absolute atomic E-state index is 0.205. The summed E-state index contributed by atoms with van der Waals surface area (Å²) in [5, 5.41) is 18.6. The third-order valence-corrected chi connectivity index (χ3v) is 2.83. The molecular weight excluding hydrogens is 176 g/mol. The Morgan fingerprint density at radius 1 is 1.07 bits per heavy atom. The zero-order chi connectivity index (χ0) is 10.8. The van der Waals surface area contributed by atoms with Crippen molar-refractivity contribution in [1.29, 1.82) is 0 Å². The molecule has 0 aromatic carbocycles. The van der Waals surface area contributed by atoms with Crippen LogP contribution in [0.2, 0.25) is 0 Å². The highest BCUT2D eigenvalue weighted by Crippen LogP contribution is 2.15. The summed E-state index contributed by atoms with van der Waals surface area (Å²) < 4.78 is 0. The van der Waals surface area contributed by atoms with Gasteiger partial charge in [0.05, 0.1) is 6.10 Å². The maximum atomic E-state index is 9.67. The number of hydrogen-bond donors (Lipinski definition) is 2. The number of unbranched alkanes of at least 4 members (excludes halogenated alkanes) is 3. The Hall–Kier alpha value is -0.0800. The van der Waals surface area contributed by atoms with Crippen LogP contribution in [0.5, 0.6) is 0 Å². The van der Waals surface area contributed by atoms with Gasteiger partial charge < -0.3 is 10.2 Å². The predicted octanol–water partition coefficient (Wildman–Crippen LogP) is 2.73. The van der Waals surface area contributed by atoms with Gasteiger partial charge in [-0.25, -0.2) is 0 Å². The fourth-order valence-corrected chi connectivity index (χ4v) is 1.68. The van der Waals surface area contributed by atoms with E-state index in [0.717, 1.165) is 25.7 Å². The Bertz CT molecular complexity index is 111. The average molecular weight is 202 g/mol. The molecule has 0 rings (SSSR count). The highest BCUT2D eigenvalue weighted by Gasteiger charge is 2.11. The fourth-order valence-electron chi connectivity index (χ4n) is 1.68. The molecule has 14 heavy (non-hydrogen) atoms. The molecule has 0 spiro atoms. The zero-order valence-electron chi connectivity index (χ0n) is 9.71. The van der Waals surface area contributed by atoms with Crippen molar-refractivity contribution in [2.24, 2.45) is 5.92 Å². The summed E-state index contributed by atoms with van der Waals surface area (Å²) in [5.41, 5.74) is 0. The van der Waals surface area contributed by atoms with E-state index in [1.54, 1.807) is 0 Å². The van der Waals surface area contributed by atoms with E-state index in [1.807, 2.05) is 0 Å². The van der Waals surface area contributed by atoms with Gasteiger partial charge in [-0.15, -0.1) is 0 Å². The molecule has 0 bridgehead atoms. The molecule has 0 heterocycles. The molecule has 0 fully saturated rings. The summed E-state index contributed by atoms with van der Waals surface area (Å²) in [5.74, 6) is 0.288. The van der Waals surface area contributed by atoms with Crippen molar-refractivity contribution in [2.45, 2.75) is 64.9 Å². The maximum absolute atomic E-state index is 9.67. The van der Waals surface area contributed by atoms with Crippen LogP contribution >= 0.6 is 0 Å². The summed E-state index contributed by atoms with van der Waals surface area (Å²) in [6.45, 7) is 4.46. The molecule has 0 aliphatic rings. The van der Waals surface area contributed by atoms with Crippen LogP contribution in [-0.4, -0.2) is 22.9 Å². The molecule has 0 aromatic heterocycles. The van der Waals surface area contributed by atoms with E-state index in [4.69, 9.17) is 5.11 Å². The molecule has 2 unspecified atom stereocenters. The van der Waals surface area contributed by atoms with Crippen LogP contribution in [0.25, 0.3) is 0 Å². The third-order valence-electron chi connectivity index (χ3n) is 2.83. The second kappa shape index (κ2) is 9.47. The van der Waals surface area contributed by atoms with Crippen molar-refractivity contribution in [3.8, 4) is 0 Å². The van der Waals surface area contributed by atoms with E-state index < -0.39 is 0 Å². The van der Waals surface area contributed by atoms with Gasteiger partial charge in [-0.3, -0.25) is 0 Å². The van der Waals surface area contributed by atoms with Gasteiger partial charge in [-0.1, -0.05) is 46.0 Å². The van der Waals surface area contributed by atoms with Gasteiger partial charge in [0, 0.05) is 6.61 Å². The lowest BCUT2D eigenvalue weighted by Crippen LogP contribution is -2.15. The smallest absolute Gasteiger partial charge is 0.0543 e. The molecule has 0 amide bonds. The minimum Gasteiger partial charge on any atom is -0.396 e. The first-order valence-electron chi connectivity index (χ1n) is 6.03. The molecule has 0 saturated carbocycles. The Morgan fingerprint density at radius 2 is 1.79 bits per heavy atom. The number of rotatable bonds is 9. The molecule has 2 N–H and O–H groups in total. The SMILES string of the molecule is CCCCCCC(O)CC(CC)CO. The Labute approximate surface area is 88.3 Å². The topological polar surface area (TPSA) is 40.5 Å². The van der Waals surface area contributed by atoms with Crippen molar-refractivity contribution in [3.05, 3.63) is 0 Å². The molecule has 2 nitrogen and oxygen atoms in total. The molecule has 2 atom stereocenters. The largest absolute Gasteiger partial charge is 0.396 e. The molecule has 0 aliphatic heterocycles. The maximum Gasteiger partial charge on any atom is 0.0543 e. The van der Waals surface area contributed by atoms with Crippen LogP contribution in [0.3, 0.4) is 0 Å². The highest BCUT2D eigenvalue weighted by atomic mass is 16.3. The molecule has 2 heteroatoms. The van der Waals surface area contributed by atoms with Gasteiger partial charge in [0.25, 0.3) is 0 Å². The highest BCUT2D eigenvalue weighted by molar-refractivity contribution is 4.63. The Kier molecular flexibility index (Phi) is 9.42. The quantitative estimate of drug-likeness (QED) is 0.564. The van der Waals surface area contributed by atoms with Crippen LogP contribution < -0.4 is 0 Å². The fraction of sp³-hybridized carbons (Fsp3) is 1.00. The first kappa shape index (κ1) is 13.9. The Balaban J connectivity index is 3.38. The molecule has 0 aliphatic carbocycles. The van der Waals surface area contributed by atoms with Gasteiger partial charge in [-0.2, -0.15) is 0 Å². The van der Waals surface area contributed by atoms with Crippen LogP contribution in [0.15, 0.2) is 0 Å². The second-order valence-electron chi connectivity index (χ2n) is 4.20. The molecule has 0 radical (unpaired) electrons. The number of aliphatic hydroxyl groups is 2. The van der Waals surface area contributed by atoms with Gasteiger partial charge in [0.1, 0.15) is 0 Å². The molecule has 86 valence electrons. The normalized spacial score (nSPS) is 15.4. The van der Waals surface area contributed by atoms with E-state index in [9.17, 15) is 5.11 Å². The lowest BCUT2D eigenvalue weighted by atomic mass is 9.96. The van der Waals surface area contributed by atoms with E-state index in [2.05, 4.69) is 13.8 Å². The van der Waals surface area contributed by atoms with E-state index >= 15 is 0 Å². The Morgan fingerprint density at radius 3 is 2.29 bits per heavy atom. The van der Waals surface area contributed by atoms with Crippen molar-refractivity contribution >= 4 is 0 Å². The van der Waals surface area contributed by atoms with E-state index in [0.29, 0.717) is 0 Å². The first-order valence-corrected chi connectivity index (χ1v) is 6.03. The summed E-state index contributed by atoms with van der Waals surface area (Å²) in [6, 6.07) is 0. The molecular formula is C12H26O2. The monoisotopic (exact) mass is 202 g/mol. The number of hydrogen-bond acceptors (Lipinski definition) is 2. The molecule has 0 saturated heterocycles. The van der Waals surface area contributed by atoms with Gasteiger partial charge in [-0.05, 0) is 18.8 Å². The molecule has 0 aromatic rings. The summed E-state index contributed by atoms with van der Waals surface area (Å²) in [4.78, 5) is 0. The summed E-state index contributed by atoms with van der Waals surface area (Å²) in [7, 11) is 0. The van der Waals surface area contributed by atoms with Crippen molar-refractivity contribution in [2.75, 3.05) is 6.61 Å². The van der Waals surface area contributed by atoms with Crippen molar-refractivity contribution in [1.82, 2.24) is 0 Å². The van der Waals surface area contributed by atoms with Crippen molar-refractivity contribution < 1.29 is 10.2 Å². The van der Waals surface area contributed by atoms with Crippen molar-refractivity contribution in [3.63, 3.8) is 0 Å². The predicted molar refractivity (Wildman–Crippen MR) is 60.2 cm³/mol. The minimum atomic E-state index is -0.205. The standard InChI is InChI=1S/C12H26O2/c1-3-5-6-7-8-12(14)9-11(4-2)10-13/h11-14H,3-10H2,1-2H3. The zero-order valence-corrected chi connectivity index (χ0v) is 9.71. The second-order valence-corrected chi connectivity index (χ2v) is 4.20. The third kappa shape index (κ3) is 7.34. The van der Waals surface area contributed by atoms with E-state index in [1.165, 1.54) is 19.3 Å². The van der Waals surface area contributed by atoms with Gasteiger partial charge >= 0.3 is 0 Å². The van der Waals surface area contributed by atoms with Crippen LogP contribution in [0.4, 0.5) is 0 Å². The summed E-state index contributed by atoms with van der Waals surface area (Å²) in [6.07, 6.45) is 7.27. The number of aliphatic hydroxyl groups excluding tert-OH is 2. The lowest BCUT2D eigenvalue weighted by molar-refractivity contribution is 0.105. The van der Waals surface area contributed by atoms with E-state index in [-0.39, 0.29) is 18.6 Å². The van der Waals surface area contributed by atoms with Gasteiger partial charge in [0.15, 0.2) is 0 Å². The van der Waals surface area contributed by atoms with Gasteiger partial charge in [0.2, 0.25) is 0 Å². The first-order chi connectivity index (χ1) is 6.74. The summed E-state index contributed by atoms with van der Waals surface area (Å²) >= 11 is 0. The van der Waals surface area contributed by atoms with Crippen LogP contribution in [0.1, 0.15) is 58.8 Å². The van der Waals surface area contributed by atoms with Crippen LogP contribution in [-0.2, 0) is 0 Å².